The first-order valence-corrected chi connectivity index (χ1v) is 4.99. The van der Waals surface area contributed by atoms with Crippen molar-refractivity contribution in [1.29, 1.82) is 0 Å². The summed E-state index contributed by atoms with van der Waals surface area (Å²) in [5.41, 5.74) is 0.942. The van der Waals surface area contributed by atoms with Gasteiger partial charge in [-0.2, -0.15) is 0 Å². The highest BCUT2D eigenvalue weighted by Gasteiger charge is 2.17. The molecular weight excluding hydrogens is 174 g/mol. The van der Waals surface area contributed by atoms with Gasteiger partial charge in [-0.05, 0) is 18.4 Å². The van der Waals surface area contributed by atoms with Gasteiger partial charge in [-0.3, -0.25) is 4.79 Å². The Labute approximate surface area is 85.6 Å². The molecule has 0 radical (unpaired) electrons. The first-order valence-electron chi connectivity index (χ1n) is 4.99. The highest BCUT2D eigenvalue weighted by atomic mass is 16.2. The zero-order valence-electron chi connectivity index (χ0n) is 8.54. The van der Waals surface area contributed by atoms with Gasteiger partial charge in [0.25, 0.3) is 0 Å². The van der Waals surface area contributed by atoms with Gasteiger partial charge in [0, 0.05) is 13.1 Å². The summed E-state index contributed by atoms with van der Waals surface area (Å²) in [7, 11) is 0. The van der Waals surface area contributed by atoms with E-state index in [4.69, 9.17) is 0 Å². The van der Waals surface area contributed by atoms with Crippen LogP contribution in [0, 0.1) is 0 Å². The molecule has 0 aliphatic carbocycles. The number of amides is 1. The van der Waals surface area contributed by atoms with Crippen LogP contribution in [-0.4, -0.2) is 23.9 Å². The van der Waals surface area contributed by atoms with Crippen LogP contribution in [0.2, 0.25) is 0 Å². The second-order valence-corrected chi connectivity index (χ2v) is 3.45. The van der Waals surface area contributed by atoms with E-state index in [0.717, 1.165) is 31.5 Å². The Morgan fingerprint density at radius 1 is 1.29 bits per heavy atom. The maximum atomic E-state index is 11.7. The molecule has 0 aromatic carbocycles. The Kier molecular flexibility index (Phi) is 4.17. The lowest BCUT2D eigenvalue weighted by molar-refractivity contribution is -0.129. The van der Waals surface area contributed by atoms with Crippen LogP contribution in [0.15, 0.2) is 37.0 Å². The molecule has 0 N–H and O–H groups in total. The summed E-state index contributed by atoms with van der Waals surface area (Å²) in [5.74, 6) is 0.204. The van der Waals surface area contributed by atoms with E-state index >= 15 is 0 Å². The highest BCUT2D eigenvalue weighted by Crippen LogP contribution is 2.12. The van der Waals surface area contributed by atoms with Crippen molar-refractivity contribution in [2.75, 3.05) is 13.1 Å². The summed E-state index contributed by atoms with van der Waals surface area (Å²) in [4.78, 5) is 13.6. The summed E-state index contributed by atoms with van der Waals surface area (Å²) in [6.07, 6.45) is 7.97. The second kappa shape index (κ2) is 5.43. The molecule has 1 aliphatic rings. The lowest BCUT2D eigenvalue weighted by Crippen LogP contribution is -2.27. The monoisotopic (exact) mass is 191 g/mol. The molecule has 0 atom stereocenters. The van der Waals surface area contributed by atoms with Crippen molar-refractivity contribution in [2.45, 2.75) is 19.3 Å². The molecule has 0 unspecified atom stereocenters. The van der Waals surface area contributed by atoms with E-state index in [2.05, 4.69) is 13.2 Å². The Balaban J connectivity index is 2.49. The van der Waals surface area contributed by atoms with Gasteiger partial charge in [-0.25, -0.2) is 0 Å². The van der Waals surface area contributed by atoms with Crippen molar-refractivity contribution in [3.05, 3.63) is 37.0 Å². The number of rotatable bonds is 4. The predicted molar refractivity (Wildman–Crippen MR) is 58.9 cm³/mol. The van der Waals surface area contributed by atoms with E-state index in [1.165, 1.54) is 0 Å². The van der Waals surface area contributed by atoms with Crippen LogP contribution >= 0.6 is 0 Å². The maximum Gasteiger partial charge on any atom is 0.226 e. The van der Waals surface area contributed by atoms with Crippen LogP contribution < -0.4 is 0 Å². The van der Waals surface area contributed by atoms with Gasteiger partial charge in [0.05, 0.1) is 6.42 Å². The summed E-state index contributed by atoms with van der Waals surface area (Å²) in [6.45, 7) is 9.10. The van der Waals surface area contributed by atoms with Crippen molar-refractivity contribution in [3.63, 3.8) is 0 Å². The topological polar surface area (TPSA) is 20.3 Å². The minimum atomic E-state index is 0.204. The molecule has 2 nitrogen and oxygen atoms in total. The Hall–Kier alpha value is -1.31. The fourth-order valence-electron chi connectivity index (χ4n) is 1.60. The van der Waals surface area contributed by atoms with Crippen molar-refractivity contribution < 1.29 is 4.79 Å². The van der Waals surface area contributed by atoms with Crippen molar-refractivity contribution in [2.24, 2.45) is 0 Å². The van der Waals surface area contributed by atoms with Crippen LogP contribution in [0.1, 0.15) is 19.3 Å². The average Bonchev–Trinajstić information content (AvgIpc) is 2.69. The van der Waals surface area contributed by atoms with E-state index in [1.807, 2.05) is 11.0 Å². The number of likely N-dealkylation sites (tertiary alicyclic amines) is 1. The van der Waals surface area contributed by atoms with Gasteiger partial charge in [-0.15, -0.1) is 0 Å². The Morgan fingerprint density at radius 2 is 1.93 bits per heavy atom. The molecule has 0 bridgehead atoms. The number of hydrogen-bond acceptors (Lipinski definition) is 1. The molecule has 0 aromatic rings. The van der Waals surface area contributed by atoms with Gasteiger partial charge in [0.1, 0.15) is 0 Å². The normalized spacial score (nSPS) is 16.9. The summed E-state index contributed by atoms with van der Waals surface area (Å²) in [6, 6.07) is 0. The summed E-state index contributed by atoms with van der Waals surface area (Å²) < 4.78 is 0. The molecule has 1 amide bonds. The predicted octanol–water partition coefficient (Wildman–Crippen LogP) is 2.30. The van der Waals surface area contributed by atoms with E-state index in [-0.39, 0.29) is 5.91 Å². The fourth-order valence-corrected chi connectivity index (χ4v) is 1.60. The van der Waals surface area contributed by atoms with E-state index < -0.39 is 0 Å². The van der Waals surface area contributed by atoms with Gasteiger partial charge >= 0.3 is 0 Å². The molecule has 1 aliphatic heterocycles. The minimum absolute atomic E-state index is 0.204. The van der Waals surface area contributed by atoms with Crippen molar-refractivity contribution in [3.8, 4) is 0 Å². The second-order valence-electron chi connectivity index (χ2n) is 3.45. The van der Waals surface area contributed by atoms with Gasteiger partial charge in [0.15, 0.2) is 0 Å². The lowest BCUT2D eigenvalue weighted by Gasteiger charge is -2.15. The molecule has 1 fully saturated rings. The van der Waals surface area contributed by atoms with E-state index in [1.54, 1.807) is 12.2 Å². The number of carbonyl (C=O) groups excluding carboxylic acids is 1. The Morgan fingerprint density at radius 3 is 2.43 bits per heavy atom. The maximum absolute atomic E-state index is 11.7. The molecule has 76 valence electrons. The first-order chi connectivity index (χ1) is 6.77. The van der Waals surface area contributed by atoms with Crippen LogP contribution in [0.4, 0.5) is 0 Å². The van der Waals surface area contributed by atoms with Crippen LogP contribution in [0.25, 0.3) is 0 Å². The summed E-state index contributed by atoms with van der Waals surface area (Å²) in [5, 5.41) is 0. The SMILES string of the molecule is C=C/C=C(\C=C)CC(=O)N1CCCC1. The molecule has 14 heavy (non-hydrogen) atoms. The zero-order chi connectivity index (χ0) is 10.4. The largest absolute Gasteiger partial charge is 0.342 e. The molecule has 0 aromatic heterocycles. The smallest absolute Gasteiger partial charge is 0.226 e. The standard InChI is InChI=1S/C12H17NO/c1-3-7-11(4-2)10-12(14)13-8-5-6-9-13/h3-4,7H,1-2,5-6,8-10H2/b11-7+. The Bertz CT molecular complexity index is 259. The van der Waals surface area contributed by atoms with Crippen LogP contribution in [0.5, 0.6) is 0 Å². The fraction of sp³-hybridized carbons (Fsp3) is 0.417. The van der Waals surface area contributed by atoms with Gasteiger partial charge in [0.2, 0.25) is 5.91 Å². The number of carbonyl (C=O) groups is 1. The quantitative estimate of drug-likeness (QED) is 0.624. The molecule has 0 spiro atoms. The third-order valence-corrected chi connectivity index (χ3v) is 2.41. The molecule has 1 heterocycles. The third kappa shape index (κ3) is 2.87. The van der Waals surface area contributed by atoms with Crippen molar-refractivity contribution >= 4 is 5.91 Å². The zero-order valence-corrected chi connectivity index (χ0v) is 8.54. The van der Waals surface area contributed by atoms with Gasteiger partial charge < -0.3 is 4.90 Å². The number of nitrogens with zero attached hydrogens (tertiary/aromatic N) is 1. The first kappa shape index (κ1) is 10.8. The molecule has 2 heteroatoms. The molecule has 1 rings (SSSR count). The average molecular weight is 191 g/mol. The van der Waals surface area contributed by atoms with E-state index in [0.29, 0.717) is 6.42 Å². The van der Waals surface area contributed by atoms with Crippen molar-refractivity contribution in [1.82, 2.24) is 4.90 Å². The van der Waals surface area contributed by atoms with Crippen LogP contribution in [0.3, 0.4) is 0 Å². The minimum Gasteiger partial charge on any atom is -0.342 e. The number of allylic oxidation sites excluding steroid dienone is 3. The lowest BCUT2D eigenvalue weighted by atomic mass is 10.1. The highest BCUT2D eigenvalue weighted by molar-refractivity contribution is 5.79. The van der Waals surface area contributed by atoms with E-state index in [9.17, 15) is 4.79 Å². The summed E-state index contributed by atoms with van der Waals surface area (Å²) >= 11 is 0. The molecule has 0 saturated carbocycles. The van der Waals surface area contributed by atoms with Crippen LogP contribution in [-0.2, 0) is 4.79 Å². The number of hydrogen-bond donors (Lipinski definition) is 0. The molecule has 1 saturated heterocycles. The third-order valence-electron chi connectivity index (χ3n) is 2.41. The van der Waals surface area contributed by atoms with Gasteiger partial charge in [-0.1, -0.05) is 31.4 Å². The molecular formula is C12H17NO.